The minimum atomic E-state index is -0.832. The molecule has 5 aromatic rings. The van der Waals surface area contributed by atoms with Gasteiger partial charge in [-0.05, 0) is 77.9 Å². The molecule has 0 aromatic heterocycles. The summed E-state index contributed by atoms with van der Waals surface area (Å²) < 4.78 is 20.7. The highest BCUT2D eigenvalue weighted by Crippen LogP contribution is 2.23. The second kappa shape index (κ2) is 17.3. The van der Waals surface area contributed by atoms with Gasteiger partial charge in [-0.3, -0.25) is 9.59 Å². The molecule has 0 saturated carbocycles. The predicted molar refractivity (Wildman–Crippen MR) is 179 cm³/mol. The van der Waals surface area contributed by atoms with E-state index in [1.807, 2.05) is 60.7 Å². The molecule has 0 aliphatic heterocycles. The van der Waals surface area contributed by atoms with Gasteiger partial charge in [0.1, 0.15) is 23.0 Å². The van der Waals surface area contributed by atoms with Gasteiger partial charge in [-0.2, -0.15) is 0 Å². The molecule has 10 nitrogen and oxygen atoms in total. The van der Waals surface area contributed by atoms with E-state index >= 15 is 0 Å². The first-order chi connectivity index (χ1) is 23.2. The maximum absolute atomic E-state index is 12.4. The molecule has 0 radical (unpaired) electrons. The van der Waals surface area contributed by atoms with E-state index in [2.05, 4.69) is 10.1 Å². The zero-order valence-corrected chi connectivity index (χ0v) is 26.3. The number of para-hydroxylation sites is 2. The lowest BCUT2D eigenvalue weighted by molar-refractivity contribution is -0.136. The number of esters is 2. The lowest BCUT2D eigenvalue weighted by atomic mass is 10.1. The number of carbonyl (C=O) groups is 4. The Kier molecular flexibility index (Phi) is 12.4. The molecule has 10 heteroatoms. The summed E-state index contributed by atoms with van der Waals surface area (Å²) in [6.45, 7) is 0. The molecule has 0 spiro atoms. The summed E-state index contributed by atoms with van der Waals surface area (Å²) in [7, 11) is 2.43. The lowest BCUT2D eigenvalue weighted by Gasteiger charge is -2.11. The van der Waals surface area contributed by atoms with Crippen LogP contribution < -0.4 is 14.8 Å². The van der Waals surface area contributed by atoms with Crippen molar-refractivity contribution in [1.82, 2.24) is 0 Å². The van der Waals surface area contributed by atoms with Gasteiger partial charge < -0.3 is 29.4 Å². The number of carbonyl (C=O) groups excluding carboxylic acids is 3. The first-order valence-corrected chi connectivity index (χ1v) is 14.7. The number of aliphatic carboxylic acids is 1. The van der Waals surface area contributed by atoms with Crippen molar-refractivity contribution in [3.05, 3.63) is 150 Å². The Hall–Kier alpha value is -6.42. The Labute approximate surface area is 277 Å². The van der Waals surface area contributed by atoms with Crippen LogP contribution in [0, 0.1) is 0 Å². The van der Waals surface area contributed by atoms with Gasteiger partial charge in [0, 0.05) is 5.69 Å². The van der Waals surface area contributed by atoms with Gasteiger partial charge in [0.05, 0.1) is 38.2 Å². The van der Waals surface area contributed by atoms with Gasteiger partial charge in [0.25, 0.3) is 0 Å². The van der Waals surface area contributed by atoms with Crippen LogP contribution in [-0.2, 0) is 31.9 Å². The van der Waals surface area contributed by atoms with Crippen LogP contribution in [0.3, 0.4) is 0 Å². The third-order valence-corrected chi connectivity index (χ3v) is 6.64. The standard InChI is InChI=1S/C24H21NO6.C14H12O3/c1-29-23(27)20-13-10-17(15-21(20)24(28)30-2)25-22(26)14-16-8-11-19(12-9-16)31-18-6-4-3-5-7-18;15-14(16)10-11-6-8-13(9-7-11)17-12-4-2-1-3-5-12/h3-13,15H,14H2,1-2H3,(H,25,26);1-9H,10H2,(H,15,16). The van der Waals surface area contributed by atoms with E-state index in [0.717, 1.165) is 22.6 Å². The zero-order valence-electron chi connectivity index (χ0n) is 26.3. The number of amides is 1. The molecule has 0 saturated heterocycles. The highest BCUT2D eigenvalue weighted by molar-refractivity contribution is 6.04. The van der Waals surface area contributed by atoms with Crippen molar-refractivity contribution in [1.29, 1.82) is 0 Å². The molecule has 5 rings (SSSR count). The minimum absolute atomic E-state index is 0.00886. The molecular weight excluding hydrogens is 614 g/mol. The number of hydrogen-bond acceptors (Lipinski definition) is 8. The van der Waals surface area contributed by atoms with Crippen molar-refractivity contribution in [3.63, 3.8) is 0 Å². The molecule has 2 N–H and O–H groups in total. The Morgan fingerprint density at radius 1 is 0.542 bits per heavy atom. The van der Waals surface area contributed by atoms with Gasteiger partial charge in [-0.25, -0.2) is 9.59 Å². The number of benzene rings is 5. The quantitative estimate of drug-likeness (QED) is 0.141. The average Bonchev–Trinajstić information content (AvgIpc) is 3.10. The van der Waals surface area contributed by atoms with Crippen LogP contribution in [-0.4, -0.2) is 43.1 Å². The molecular formula is C38H33NO9. The van der Waals surface area contributed by atoms with E-state index in [1.54, 1.807) is 48.5 Å². The second-order valence-corrected chi connectivity index (χ2v) is 10.2. The van der Waals surface area contributed by atoms with E-state index < -0.39 is 17.9 Å². The molecule has 5 aromatic carbocycles. The highest BCUT2D eigenvalue weighted by atomic mass is 16.5. The number of ether oxygens (including phenoxy) is 4. The van der Waals surface area contributed by atoms with Crippen LogP contribution in [0.15, 0.2) is 127 Å². The van der Waals surface area contributed by atoms with E-state index in [0.29, 0.717) is 17.2 Å². The van der Waals surface area contributed by atoms with E-state index in [-0.39, 0.29) is 29.9 Å². The summed E-state index contributed by atoms with van der Waals surface area (Å²) in [4.78, 5) is 46.8. The summed E-state index contributed by atoms with van der Waals surface area (Å²) >= 11 is 0. The van der Waals surface area contributed by atoms with E-state index in [9.17, 15) is 19.2 Å². The molecule has 0 bridgehead atoms. The molecule has 48 heavy (non-hydrogen) atoms. The molecule has 0 aliphatic carbocycles. The van der Waals surface area contributed by atoms with Gasteiger partial charge in [-0.15, -0.1) is 0 Å². The molecule has 0 heterocycles. The van der Waals surface area contributed by atoms with Crippen molar-refractivity contribution in [3.8, 4) is 23.0 Å². The Morgan fingerprint density at radius 3 is 1.44 bits per heavy atom. The molecule has 0 unspecified atom stereocenters. The Morgan fingerprint density at radius 2 is 0.979 bits per heavy atom. The number of anilines is 1. The number of rotatable bonds is 11. The monoisotopic (exact) mass is 647 g/mol. The van der Waals surface area contributed by atoms with Crippen molar-refractivity contribution >= 4 is 29.5 Å². The van der Waals surface area contributed by atoms with Crippen LogP contribution in [0.25, 0.3) is 0 Å². The van der Waals surface area contributed by atoms with Crippen molar-refractivity contribution < 1.29 is 43.2 Å². The van der Waals surface area contributed by atoms with Crippen molar-refractivity contribution in [2.24, 2.45) is 0 Å². The maximum Gasteiger partial charge on any atom is 0.338 e. The number of carboxylic acids is 1. The highest BCUT2D eigenvalue weighted by Gasteiger charge is 2.19. The number of carboxylic acid groups (broad SMARTS) is 1. The first-order valence-electron chi connectivity index (χ1n) is 14.7. The maximum atomic E-state index is 12.4. The number of nitrogens with one attached hydrogen (secondary N) is 1. The average molecular weight is 648 g/mol. The third kappa shape index (κ3) is 10.6. The van der Waals surface area contributed by atoms with Crippen LogP contribution in [0.5, 0.6) is 23.0 Å². The minimum Gasteiger partial charge on any atom is -0.481 e. The predicted octanol–water partition coefficient (Wildman–Crippen LogP) is 7.34. The summed E-state index contributed by atoms with van der Waals surface area (Å²) in [6, 6.07) is 37.4. The van der Waals surface area contributed by atoms with E-state index in [1.165, 1.54) is 32.4 Å². The fraction of sp³-hybridized carbons (Fsp3) is 0.105. The van der Waals surface area contributed by atoms with Crippen molar-refractivity contribution in [2.45, 2.75) is 12.8 Å². The smallest absolute Gasteiger partial charge is 0.338 e. The van der Waals surface area contributed by atoms with Crippen LogP contribution >= 0.6 is 0 Å². The Bertz CT molecular complexity index is 1820. The van der Waals surface area contributed by atoms with E-state index in [4.69, 9.17) is 19.3 Å². The van der Waals surface area contributed by atoms with Crippen LogP contribution in [0.4, 0.5) is 5.69 Å². The Balaban J connectivity index is 0.000000257. The van der Waals surface area contributed by atoms with Gasteiger partial charge in [0.15, 0.2) is 0 Å². The molecule has 0 atom stereocenters. The summed E-state index contributed by atoms with van der Waals surface area (Å²) in [6.07, 6.45) is 0.156. The van der Waals surface area contributed by atoms with Crippen molar-refractivity contribution in [2.75, 3.05) is 19.5 Å². The summed E-state index contributed by atoms with van der Waals surface area (Å²) in [5.74, 6) is 0.367. The second-order valence-electron chi connectivity index (χ2n) is 10.2. The van der Waals surface area contributed by atoms with Crippen LogP contribution in [0.2, 0.25) is 0 Å². The number of methoxy groups -OCH3 is 2. The summed E-state index contributed by atoms with van der Waals surface area (Å²) in [5.41, 5.74) is 1.98. The fourth-order valence-electron chi connectivity index (χ4n) is 4.35. The molecule has 0 aliphatic rings. The lowest BCUT2D eigenvalue weighted by Crippen LogP contribution is -2.16. The SMILES string of the molecule is COC(=O)c1ccc(NC(=O)Cc2ccc(Oc3ccccc3)cc2)cc1C(=O)OC.O=C(O)Cc1ccc(Oc2ccccc2)cc1. The zero-order chi connectivity index (χ0) is 34.3. The molecule has 0 fully saturated rings. The van der Waals surface area contributed by atoms with Gasteiger partial charge >= 0.3 is 17.9 Å². The largest absolute Gasteiger partial charge is 0.481 e. The molecule has 1 amide bonds. The summed E-state index contributed by atoms with van der Waals surface area (Å²) in [5, 5.41) is 11.4. The normalized spacial score (nSPS) is 10.0. The van der Waals surface area contributed by atoms with Gasteiger partial charge in [0.2, 0.25) is 5.91 Å². The third-order valence-electron chi connectivity index (χ3n) is 6.64. The fourth-order valence-corrected chi connectivity index (χ4v) is 4.35. The van der Waals surface area contributed by atoms with Crippen LogP contribution in [0.1, 0.15) is 31.8 Å². The topological polar surface area (TPSA) is 137 Å². The first kappa shape index (κ1) is 34.5. The van der Waals surface area contributed by atoms with Gasteiger partial charge in [-0.1, -0.05) is 60.7 Å². The molecule has 244 valence electrons. The number of hydrogen-bond donors (Lipinski definition) is 2.